The van der Waals surface area contributed by atoms with Crippen LogP contribution in [0.4, 0.5) is 26.3 Å². The summed E-state index contributed by atoms with van der Waals surface area (Å²) >= 11 is 13.1. The van der Waals surface area contributed by atoms with Crippen molar-refractivity contribution in [3.8, 4) is 0 Å². The van der Waals surface area contributed by atoms with E-state index in [-0.39, 0.29) is 19.3 Å². The SMILES string of the molecule is CC.CC(F)(F)F.CC(F)(F)F.CCCC(CC)C(C)(c1ccccc1Cl)c1ccccc1Cl. The van der Waals surface area contributed by atoms with Crippen LogP contribution in [-0.2, 0) is 5.41 Å². The Kier molecular flexibility index (Phi) is 16.7. The Balaban J connectivity index is 0. The number of halogens is 8. The van der Waals surface area contributed by atoms with Gasteiger partial charge in [-0.05, 0) is 35.6 Å². The van der Waals surface area contributed by atoms with Crippen LogP contribution in [0.2, 0.25) is 10.0 Å². The molecule has 0 spiro atoms. The van der Waals surface area contributed by atoms with E-state index in [1.54, 1.807) is 0 Å². The summed E-state index contributed by atoms with van der Waals surface area (Å²) in [6.45, 7) is 11.2. The molecule has 0 aliphatic carbocycles. The second-order valence-corrected chi connectivity index (χ2v) is 8.43. The first-order chi connectivity index (χ1) is 15.6. The molecule has 0 bridgehead atoms. The van der Waals surface area contributed by atoms with Gasteiger partial charge in [-0.1, -0.05) is 107 Å². The van der Waals surface area contributed by atoms with Crippen LogP contribution in [0.5, 0.6) is 0 Å². The zero-order valence-electron chi connectivity index (χ0n) is 20.8. The van der Waals surface area contributed by atoms with Crippen molar-refractivity contribution in [2.45, 2.75) is 85.5 Å². The van der Waals surface area contributed by atoms with Crippen LogP contribution in [-0.4, -0.2) is 12.4 Å². The predicted octanol–water partition coefficient (Wildman–Crippen LogP) is 11.3. The Bertz CT molecular complexity index is 731. The van der Waals surface area contributed by atoms with Crippen molar-refractivity contribution in [1.29, 1.82) is 0 Å². The van der Waals surface area contributed by atoms with Gasteiger partial charge in [0.25, 0.3) is 0 Å². The number of hydrogen-bond donors (Lipinski definition) is 0. The molecule has 0 amide bonds. The quantitative estimate of drug-likeness (QED) is 0.324. The van der Waals surface area contributed by atoms with E-state index in [9.17, 15) is 26.3 Å². The average molecular weight is 533 g/mol. The third kappa shape index (κ3) is 14.1. The second-order valence-electron chi connectivity index (χ2n) is 7.62. The minimum atomic E-state index is -4.00. The molecule has 1 atom stereocenters. The van der Waals surface area contributed by atoms with Crippen molar-refractivity contribution in [1.82, 2.24) is 0 Å². The van der Waals surface area contributed by atoms with Crippen LogP contribution in [0.15, 0.2) is 48.5 Å². The minimum Gasteiger partial charge on any atom is -0.172 e. The van der Waals surface area contributed by atoms with Crippen molar-refractivity contribution < 1.29 is 26.3 Å². The highest BCUT2D eigenvalue weighted by Crippen LogP contribution is 2.47. The fraction of sp³-hybridized carbons (Fsp3) is 0.538. The summed E-state index contributed by atoms with van der Waals surface area (Å²) < 4.78 is 62.1. The van der Waals surface area contributed by atoms with Crippen LogP contribution < -0.4 is 0 Å². The fourth-order valence-corrected chi connectivity index (χ4v) is 4.26. The monoisotopic (exact) mass is 532 g/mol. The van der Waals surface area contributed by atoms with Crippen molar-refractivity contribution in [2.24, 2.45) is 5.92 Å². The summed E-state index contributed by atoms with van der Waals surface area (Å²) in [7, 11) is 0. The van der Waals surface area contributed by atoms with Gasteiger partial charge in [-0.2, -0.15) is 26.3 Å². The first kappa shape index (κ1) is 34.8. The second kappa shape index (κ2) is 16.3. The number of benzene rings is 2. The van der Waals surface area contributed by atoms with Gasteiger partial charge < -0.3 is 0 Å². The van der Waals surface area contributed by atoms with Gasteiger partial charge in [0.05, 0.1) is 0 Å². The van der Waals surface area contributed by atoms with Gasteiger partial charge in [-0.25, -0.2) is 0 Å². The topological polar surface area (TPSA) is 0 Å². The van der Waals surface area contributed by atoms with E-state index in [2.05, 4.69) is 45.0 Å². The largest absolute Gasteiger partial charge is 0.386 e. The molecule has 34 heavy (non-hydrogen) atoms. The van der Waals surface area contributed by atoms with E-state index in [0.29, 0.717) is 5.92 Å². The molecule has 1 unspecified atom stereocenters. The molecule has 2 aromatic carbocycles. The predicted molar refractivity (Wildman–Crippen MR) is 133 cm³/mol. The maximum Gasteiger partial charge on any atom is 0.386 e. The molecule has 0 saturated carbocycles. The molecule has 196 valence electrons. The maximum absolute atomic E-state index is 10.4. The lowest BCUT2D eigenvalue weighted by Crippen LogP contribution is -2.34. The normalized spacial score (nSPS) is 12.2. The molecule has 0 heterocycles. The van der Waals surface area contributed by atoms with Crippen LogP contribution in [0.3, 0.4) is 0 Å². The Labute approximate surface area is 210 Å². The van der Waals surface area contributed by atoms with Crippen LogP contribution in [0.25, 0.3) is 0 Å². The maximum atomic E-state index is 10.4. The van der Waals surface area contributed by atoms with E-state index in [4.69, 9.17) is 23.2 Å². The molecule has 0 radical (unpaired) electrons. The van der Waals surface area contributed by atoms with Crippen molar-refractivity contribution in [3.05, 3.63) is 69.7 Å². The Morgan fingerprint density at radius 3 is 1.21 bits per heavy atom. The van der Waals surface area contributed by atoms with Crippen molar-refractivity contribution in [3.63, 3.8) is 0 Å². The first-order valence-corrected chi connectivity index (χ1v) is 11.9. The molecule has 0 nitrogen and oxygen atoms in total. The molecule has 2 aromatic rings. The summed E-state index contributed by atoms with van der Waals surface area (Å²) in [5, 5.41) is 1.64. The molecule has 0 aromatic heterocycles. The highest BCUT2D eigenvalue weighted by Gasteiger charge is 2.38. The molecule has 0 saturated heterocycles. The molecular formula is C26H36Cl2F6. The molecule has 0 aliphatic rings. The van der Waals surface area contributed by atoms with Crippen molar-refractivity contribution >= 4 is 23.2 Å². The minimum absolute atomic E-state index is 0.179. The summed E-state index contributed by atoms with van der Waals surface area (Å²) in [6.07, 6.45) is -4.59. The van der Waals surface area contributed by atoms with Gasteiger partial charge in [0, 0.05) is 29.3 Å². The fourth-order valence-electron chi connectivity index (χ4n) is 3.60. The van der Waals surface area contributed by atoms with Gasteiger partial charge in [-0.15, -0.1) is 0 Å². The summed E-state index contributed by atoms with van der Waals surface area (Å²) in [6, 6.07) is 16.3. The van der Waals surface area contributed by atoms with Crippen LogP contribution in [0.1, 0.15) is 78.9 Å². The van der Waals surface area contributed by atoms with Gasteiger partial charge in [-0.3, -0.25) is 0 Å². The van der Waals surface area contributed by atoms with E-state index in [1.165, 1.54) is 11.1 Å². The zero-order chi connectivity index (χ0) is 27.2. The standard InChI is InChI=1S/C20H24Cl2.2C2H3F3.C2H6/c1-4-10-15(5-2)20(3,16-11-6-8-13-18(16)21)17-12-7-9-14-19(17)22;2*1-2(3,4)5;1-2/h6-9,11-15H,4-5,10H2,1-3H3;2*1H3;1-2H3. The lowest BCUT2D eigenvalue weighted by atomic mass is 9.65. The summed E-state index contributed by atoms with van der Waals surface area (Å²) in [5.41, 5.74) is 2.16. The molecule has 0 aliphatic heterocycles. The number of hydrogen-bond acceptors (Lipinski definition) is 0. The molecular weight excluding hydrogens is 497 g/mol. The van der Waals surface area contributed by atoms with Gasteiger partial charge in [0.2, 0.25) is 0 Å². The van der Waals surface area contributed by atoms with Gasteiger partial charge in [0.15, 0.2) is 0 Å². The Hall–Kier alpha value is -1.40. The number of alkyl halides is 6. The summed E-state index contributed by atoms with van der Waals surface area (Å²) in [5.74, 6) is 0.497. The van der Waals surface area contributed by atoms with Crippen LogP contribution in [0, 0.1) is 5.92 Å². The van der Waals surface area contributed by atoms with Crippen molar-refractivity contribution in [2.75, 3.05) is 0 Å². The van der Waals surface area contributed by atoms with E-state index >= 15 is 0 Å². The Morgan fingerprint density at radius 2 is 0.971 bits per heavy atom. The highest BCUT2D eigenvalue weighted by atomic mass is 35.5. The zero-order valence-corrected chi connectivity index (χ0v) is 22.4. The third-order valence-corrected chi connectivity index (χ3v) is 5.47. The van der Waals surface area contributed by atoms with E-state index in [0.717, 1.165) is 29.3 Å². The third-order valence-electron chi connectivity index (χ3n) is 4.81. The van der Waals surface area contributed by atoms with Gasteiger partial charge >= 0.3 is 12.4 Å². The highest BCUT2D eigenvalue weighted by molar-refractivity contribution is 6.32. The smallest absolute Gasteiger partial charge is 0.172 e. The molecule has 0 fully saturated rings. The Morgan fingerprint density at radius 1 is 0.676 bits per heavy atom. The van der Waals surface area contributed by atoms with E-state index in [1.807, 2.05) is 38.1 Å². The lowest BCUT2D eigenvalue weighted by Gasteiger charge is -2.40. The summed E-state index contributed by atoms with van der Waals surface area (Å²) in [4.78, 5) is 0. The first-order valence-electron chi connectivity index (χ1n) is 11.2. The molecule has 0 N–H and O–H groups in total. The van der Waals surface area contributed by atoms with E-state index < -0.39 is 12.4 Å². The number of rotatable bonds is 6. The molecule has 8 heteroatoms. The van der Waals surface area contributed by atoms with Gasteiger partial charge in [0.1, 0.15) is 0 Å². The van der Waals surface area contributed by atoms with Crippen LogP contribution >= 0.6 is 23.2 Å². The lowest BCUT2D eigenvalue weighted by molar-refractivity contribution is -0.111. The molecule has 2 rings (SSSR count). The average Bonchev–Trinajstić information content (AvgIpc) is 2.71.